The van der Waals surface area contributed by atoms with Gasteiger partial charge in [-0.3, -0.25) is 0 Å². The Bertz CT molecular complexity index is 230. The standard InChI is InChI=1S/C7H7IO.ClH.Mg/c1-5-4-6(8)2-3-7(5)9;;/h2-4,9H,1H3;1H;/q;;+2/p-2. The summed E-state index contributed by atoms with van der Waals surface area (Å²) in [4.78, 5) is 0. The second-order valence-electron chi connectivity index (χ2n) is 1.91. The molecule has 0 aliphatic heterocycles. The van der Waals surface area contributed by atoms with Gasteiger partial charge in [-0.15, -0.1) is 5.75 Å². The van der Waals surface area contributed by atoms with Crippen LogP contribution >= 0.6 is 22.6 Å². The van der Waals surface area contributed by atoms with Crippen LogP contribution in [-0.2, 0) is 0 Å². The van der Waals surface area contributed by atoms with E-state index in [0.29, 0.717) is 0 Å². The van der Waals surface area contributed by atoms with Crippen molar-refractivity contribution in [1.82, 2.24) is 0 Å². The van der Waals surface area contributed by atoms with Crippen LogP contribution in [0.3, 0.4) is 0 Å². The Labute approximate surface area is 102 Å². The summed E-state index contributed by atoms with van der Waals surface area (Å²) in [6, 6.07) is 5.29. The molecule has 0 aliphatic carbocycles. The molecule has 0 heterocycles. The Kier molecular flexibility index (Phi) is 8.26. The molecule has 0 unspecified atom stereocenters. The van der Waals surface area contributed by atoms with Crippen molar-refractivity contribution in [1.29, 1.82) is 0 Å². The van der Waals surface area contributed by atoms with E-state index < -0.39 is 0 Å². The Balaban J connectivity index is 0. The molecule has 0 fully saturated rings. The van der Waals surface area contributed by atoms with Crippen molar-refractivity contribution in [2.45, 2.75) is 6.92 Å². The SMILES string of the molecule is Cc1cc(I)ccc1[O-].[Cl-].[Mg+2]. The number of halogens is 2. The first kappa shape index (κ1) is 14.3. The fourth-order valence-electron chi connectivity index (χ4n) is 0.613. The quantitative estimate of drug-likeness (QED) is 0.413. The molecule has 1 nitrogen and oxygen atoms in total. The molecule has 0 N–H and O–H groups in total. The summed E-state index contributed by atoms with van der Waals surface area (Å²) in [5, 5.41) is 10.8. The zero-order chi connectivity index (χ0) is 6.85. The first-order chi connectivity index (χ1) is 4.20. The van der Waals surface area contributed by atoms with E-state index in [1.54, 1.807) is 6.07 Å². The number of aryl methyl sites for hydroxylation is 1. The van der Waals surface area contributed by atoms with Crippen molar-refractivity contribution in [2.24, 2.45) is 0 Å². The van der Waals surface area contributed by atoms with Crippen LogP contribution in [0.25, 0.3) is 0 Å². The Morgan fingerprint density at radius 3 is 2.27 bits per heavy atom. The van der Waals surface area contributed by atoms with Gasteiger partial charge >= 0.3 is 23.1 Å². The number of hydrogen-bond donors (Lipinski definition) is 0. The van der Waals surface area contributed by atoms with E-state index >= 15 is 0 Å². The van der Waals surface area contributed by atoms with Gasteiger partial charge in [-0.1, -0.05) is 11.6 Å². The van der Waals surface area contributed by atoms with Crippen LogP contribution in [-0.4, -0.2) is 23.1 Å². The third-order valence-corrected chi connectivity index (χ3v) is 1.81. The maximum atomic E-state index is 10.8. The van der Waals surface area contributed by atoms with Crippen LogP contribution in [0.15, 0.2) is 18.2 Å². The molecule has 1 aromatic carbocycles. The Morgan fingerprint density at radius 2 is 1.91 bits per heavy atom. The van der Waals surface area contributed by atoms with Crippen molar-refractivity contribution in [3.05, 3.63) is 27.3 Å². The van der Waals surface area contributed by atoms with E-state index in [-0.39, 0.29) is 41.2 Å². The third-order valence-electron chi connectivity index (χ3n) is 1.14. The van der Waals surface area contributed by atoms with Crippen molar-refractivity contribution < 1.29 is 17.5 Å². The number of benzene rings is 1. The Morgan fingerprint density at radius 1 is 1.36 bits per heavy atom. The second-order valence-corrected chi connectivity index (χ2v) is 3.16. The van der Waals surface area contributed by atoms with Gasteiger partial charge in [0.15, 0.2) is 0 Å². The normalized spacial score (nSPS) is 7.82. The summed E-state index contributed by atoms with van der Waals surface area (Å²) in [5.74, 6) is 0.121. The van der Waals surface area contributed by atoms with Gasteiger partial charge in [-0.05, 0) is 41.6 Å². The van der Waals surface area contributed by atoms with Gasteiger partial charge in [0.1, 0.15) is 0 Å². The molecule has 0 atom stereocenters. The molecule has 0 saturated carbocycles. The zero-order valence-corrected chi connectivity index (χ0v) is 10.4. The molecule has 56 valence electrons. The Hall–Kier alpha value is 0.806. The molecule has 0 saturated heterocycles. The zero-order valence-electron chi connectivity index (χ0n) is 6.10. The van der Waals surface area contributed by atoms with Gasteiger partial charge in [0.2, 0.25) is 0 Å². The van der Waals surface area contributed by atoms with Crippen molar-refractivity contribution in [3.63, 3.8) is 0 Å². The van der Waals surface area contributed by atoms with Gasteiger partial charge in [0, 0.05) is 3.57 Å². The molecule has 0 amide bonds. The second kappa shape index (κ2) is 6.34. The molecule has 1 aromatic rings. The van der Waals surface area contributed by atoms with E-state index in [2.05, 4.69) is 22.6 Å². The van der Waals surface area contributed by atoms with Gasteiger partial charge < -0.3 is 17.5 Å². The van der Waals surface area contributed by atoms with E-state index in [4.69, 9.17) is 0 Å². The van der Waals surface area contributed by atoms with E-state index in [0.717, 1.165) is 9.13 Å². The number of rotatable bonds is 0. The molecule has 0 aliphatic rings. The van der Waals surface area contributed by atoms with Crippen molar-refractivity contribution in [2.75, 3.05) is 0 Å². The summed E-state index contributed by atoms with van der Waals surface area (Å²) in [6.07, 6.45) is 0. The van der Waals surface area contributed by atoms with E-state index in [1.807, 2.05) is 19.1 Å². The molecular weight excluding hydrogens is 287 g/mol. The van der Waals surface area contributed by atoms with Gasteiger partial charge in [-0.2, -0.15) is 0 Å². The molecule has 0 spiro atoms. The first-order valence-electron chi connectivity index (χ1n) is 2.63. The minimum absolute atomic E-state index is 0. The molecule has 0 aromatic heterocycles. The fraction of sp³-hybridized carbons (Fsp3) is 0.143. The van der Waals surface area contributed by atoms with Crippen LogP contribution in [0.1, 0.15) is 5.56 Å². The fourth-order valence-corrected chi connectivity index (χ4v) is 1.26. The summed E-state index contributed by atoms with van der Waals surface area (Å²) in [5.41, 5.74) is 0.821. The maximum Gasteiger partial charge on any atom is 2.00 e. The molecule has 0 bridgehead atoms. The largest absolute Gasteiger partial charge is 2.00 e. The minimum atomic E-state index is 0. The van der Waals surface area contributed by atoms with Gasteiger partial charge in [0.25, 0.3) is 0 Å². The van der Waals surface area contributed by atoms with Crippen LogP contribution in [0.2, 0.25) is 0 Å². The van der Waals surface area contributed by atoms with Crippen molar-refractivity contribution in [3.8, 4) is 5.75 Å². The van der Waals surface area contributed by atoms with Gasteiger partial charge in [-0.25, -0.2) is 0 Å². The van der Waals surface area contributed by atoms with Crippen LogP contribution < -0.4 is 17.5 Å². The average molecular weight is 293 g/mol. The monoisotopic (exact) mass is 292 g/mol. The topological polar surface area (TPSA) is 23.1 Å². The van der Waals surface area contributed by atoms with Crippen LogP contribution in [0.4, 0.5) is 0 Å². The summed E-state index contributed by atoms with van der Waals surface area (Å²) >= 11 is 2.18. The predicted octanol–water partition coefficient (Wildman–Crippen LogP) is -1.70. The minimum Gasteiger partial charge on any atom is -1.00 e. The molecule has 0 radical (unpaired) electrons. The van der Waals surface area contributed by atoms with Crippen LogP contribution in [0.5, 0.6) is 5.75 Å². The van der Waals surface area contributed by atoms with Gasteiger partial charge in [0.05, 0.1) is 0 Å². The predicted molar refractivity (Wildman–Crippen MR) is 49.1 cm³/mol. The maximum absolute atomic E-state index is 10.8. The summed E-state index contributed by atoms with van der Waals surface area (Å²) < 4.78 is 1.12. The first-order valence-corrected chi connectivity index (χ1v) is 3.71. The summed E-state index contributed by atoms with van der Waals surface area (Å²) in [6.45, 7) is 1.82. The summed E-state index contributed by atoms with van der Waals surface area (Å²) in [7, 11) is 0. The molecule has 11 heavy (non-hydrogen) atoms. The average Bonchev–Trinajstić information content (AvgIpc) is 1.80. The van der Waals surface area contributed by atoms with Crippen molar-refractivity contribution >= 4 is 45.6 Å². The molecule has 4 heteroatoms. The van der Waals surface area contributed by atoms with Crippen LogP contribution in [0, 0.1) is 10.5 Å². The smallest absolute Gasteiger partial charge is 1.00 e. The molecular formula is C7H6ClIMgO. The number of hydrogen-bond acceptors (Lipinski definition) is 1. The van der Waals surface area contributed by atoms with E-state index in [9.17, 15) is 5.11 Å². The third kappa shape index (κ3) is 4.40. The van der Waals surface area contributed by atoms with E-state index in [1.165, 1.54) is 0 Å². The molecule has 1 rings (SSSR count).